The predicted molar refractivity (Wildman–Crippen MR) is 169 cm³/mol. The number of benzene rings is 3. The molecule has 0 N–H and O–H groups in total. The van der Waals surface area contributed by atoms with Crippen LogP contribution in [0.4, 0.5) is 0 Å². The molecule has 2 aliphatic rings. The average molecular weight is 657 g/mol. The Labute approximate surface area is 277 Å². The first-order valence-corrected chi connectivity index (χ1v) is 15.5. The maximum absolute atomic E-state index is 6.58. The maximum Gasteiger partial charge on any atom is 0.186 e. The lowest BCUT2D eigenvalue weighted by atomic mass is 9.97. The minimum atomic E-state index is -0.775. The minimum absolute atomic E-state index is 0.119. The van der Waals surface area contributed by atoms with Crippen molar-refractivity contribution in [2.24, 2.45) is 0 Å². The molecule has 5 aromatic rings. The molecule has 0 aliphatic carbocycles. The van der Waals surface area contributed by atoms with Crippen molar-refractivity contribution in [1.82, 2.24) is 30.0 Å². The molecule has 0 unspecified atom stereocenters. The van der Waals surface area contributed by atoms with Crippen molar-refractivity contribution >= 4 is 0 Å². The predicted octanol–water partition coefficient (Wildman–Crippen LogP) is 3.82. The highest BCUT2D eigenvalue weighted by Crippen LogP contribution is 2.37. The maximum atomic E-state index is 6.58. The standard InChI is InChI=1S/C34H36N6O8/c1-41-27-13-9-25(10-14-27)39-17-23(35-37-39)19-44-31-30-29(21-46-33(48-30)22-7-5-4-6-8-22)47-34(43-3)32(31)45-20-24-18-40(38-36-24)26-11-15-28(42-2)16-12-26/h4-18,29-34H,19-21H2,1-3H3/t29-,30-,31+,32-,33-,34+/m1/s1. The summed E-state index contributed by atoms with van der Waals surface area (Å²) in [4.78, 5) is 0. The van der Waals surface area contributed by atoms with Gasteiger partial charge in [-0.2, -0.15) is 0 Å². The number of aromatic nitrogens is 6. The Balaban J connectivity index is 1.11. The summed E-state index contributed by atoms with van der Waals surface area (Å²) >= 11 is 0. The van der Waals surface area contributed by atoms with Gasteiger partial charge >= 0.3 is 0 Å². The van der Waals surface area contributed by atoms with Gasteiger partial charge in [0.25, 0.3) is 0 Å². The Morgan fingerprint density at radius 3 is 1.79 bits per heavy atom. The fraction of sp³-hybridized carbons (Fsp3) is 0.353. The fourth-order valence-corrected chi connectivity index (χ4v) is 5.70. The van der Waals surface area contributed by atoms with Crippen LogP contribution < -0.4 is 9.47 Å². The van der Waals surface area contributed by atoms with Crippen molar-refractivity contribution in [3.8, 4) is 22.9 Å². The van der Waals surface area contributed by atoms with Gasteiger partial charge < -0.3 is 37.9 Å². The molecule has 0 amide bonds. The number of ether oxygens (including phenoxy) is 8. The van der Waals surface area contributed by atoms with E-state index in [0.717, 1.165) is 28.4 Å². The van der Waals surface area contributed by atoms with Crippen LogP contribution in [0.3, 0.4) is 0 Å². The van der Waals surface area contributed by atoms with Crippen molar-refractivity contribution in [2.45, 2.75) is 50.2 Å². The van der Waals surface area contributed by atoms with Gasteiger partial charge in [0.1, 0.15) is 47.3 Å². The van der Waals surface area contributed by atoms with Crippen molar-refractivity contribution in [1.29, 1.82) is 0 Å². The van der Waals surface area contributed by atoms with Gasteiger partial charge in [-0.25, -0.2) is 9.36 Å². The van der Waals surface area contributed by atoms with Gasteiger partial charge in [0, 0.05) is 12.7 Å². The minimum Gasteiger partial charge on any atom is -0.497 e. The summed E-state index contributed by atoms with van der Waals surface area (Å²) < 4.78 is 51.6. The first-order chi connectivity index (χ1) is 23.6. The number of hydrogen-bond acceptors (Lipinski definition) is 12. The molecule has 2 aromatic heterocycles. The van der Waals surface area contributed by atoms with Crippen molar-refractivity contribution in [3.05, 3.63) is 108 Å². The topological polar surface area (TPSA) is 135 Å². The van der Waals surface area contributed by atoms with Crippen LogP contribution in [0.15, 0.2) is 91.3 Å². The van der Waals surface area contributed by atoms with E-state index in [2.05, 4.69) is 20.6 Å². The van der Waals surface area contributed by atoms with Gasteiger partial charge in [0.05, 0.1) is 57.8 Å². The molecule has 2 saturated heterocycles. The number of methoxy groups -OCH3 is 3. The van der Waals surface area contributed by atoms with Crippen LogP contribution in [0.5, 0.6) is 11.5 Å². The highest BCUT2D eigenvalue weighted by molar-refractivity contribution is 5.37. The third kappa shape index (κ3) is 6.94. The molecule has 0 bridgehead atoms. The molecule has 6 atom stereocenters. The smallest absolute Gasteiger partial charge is 0.186 e. The van der Waals surface area contributed by atoms with Crippen molar-refractivity contribution in [3.63, 3.8) is 0 Å². The summed E-state index contributed by atoms with van der Waals surface area (Å²) in [6.45, 7) is 0.530. The zero-order valence-corrected chi connectivity index (χ0v) is 26.7. The van der Waals surface area contributed by atoms with E-state index >= 15 is 0 Å². The molecule has 0 radical (unpaired) electrons. The SMILES string of the molecule is COc1ccc(-n2cc(CO[C@@H]3[C@@H](OCc4cn(-c5ccc(OC)cc5)nn4)[C@@H](OC)O[C@@H]4CO[C@@H](c5ccccc5)O[C@@H]34)nn2)cc1. The van der Waals surface area contributed by atoms with Gasteiger partial charge in [-0.3, -0.25) is 0 Å². The molecule has 250 valence electrons. The summed E-state index contributed by atoms with van der Waals surface area (Å²) in [6.07, 6.45) is -0.111. The van der Waals surface area contributed by atoms with Crippen LogP contribution >= 0.6 is 0 Å². The van der Waals surface area contributed by atoms with Gasteiger partial charge in [0.2, 0.25) is 0 Å². The quantitative estimate of drug-likeness (QED) is 0.193. The fourth-order valence-electron chi connectivity index (χ4n) is 5.70. The third-order valence-corrected chi connectivity index (χ3v) is 8.19. The second-order valence-corrected chi connectivity index (χ2v) is 11.2. The van der Waals surface area contributed by atoms with Crippen LogP contribution in [0.2, 0.25) is 0 Å². The molecule has 2 aliphatic heterocycles. The van der Waals surface area contributed by atoms with Crippen molar-refractivity contribution in [2.75, 3.05) is 27.9 Å². The lowest BCUT2D eigenvalue weighted by Gasteiger charge is -2.48. The second-order valence-electron chi connectivity index (χ2n) is 11.2. The zero-order valence-electron chi connectivity index (χ0n) is 26.7. The molecule has 0 spiro atoms. The van der Waals surface area contributed by atoms with Gasteiger partial charge in [0.15, 0.2) is 12.6 Å². The molecular weight excluding hydrogens is 620 g/mol. The lowest BCUT2D eigenvalue weighted by Crippen LogP contribution is -2.63. The van der Waals surface area contributed by atoms with E-state index in [1.165, 1.54) is 0 Å². The molecule has 2 fully saturated rings. The van der Waals surface area contributed by atoms with Crippen molar-refractivity contribution < 1.29 is 37.9 Å². The molecule has 4 heterocycles. The summed E-state index contributed by atoms with van der Waals surface area (Å²) in [5.41, 5.74) is 3.79. The third-order valence-electron chi connectivity index (χ3n) is 8.19. The van der Waals surface area contributed by atoms with Crippen LogP contribution in [0.1, 0.15) is 23.2 Å². The highest BCUT2D eigenvalue weighted by Gasteiger charge is 2.51. The summed E-state index contributed by atoms with van der Waals surface area (Å²) in [6, 6.07) is 24.8. The van der Waals surface area contributed by atoms with Crippen LogP contribution in [-0.4, -0.2) is 88.6 Å². The monoisotopic (exact) mass is 656 g/mol. The van der Waals surface area contributed by atoms with Gasteiger partial charge in [-0.15, -0.1) is 10.2 Å². The molecule has 7 rings (SSSR count). The van der Waals surface area contributed by atoms with Gasteiger partial charge in [-0.05, 0) is 48.5 Å². The number of nitrogens with zero attached hydrogens (tertiary/aromatic N) is 6. The Morgan fingerprint density at radius 2 is 1.25 bits per heavy atom. The molecule has 48 heavy (non-hydrogen) atoms. The van der Waals surface area contributed by atoms with E-state index in [1.807, 2.05) is 85.1 Å². The number of rotatable bonds is 12. The molecular formula is C34H36N6O8. The Bertz CT molecular complexity index is 1750. The van der Waals surface area contributed by atoms with E-state index in [1.54, 1.807) is 36.9 Å². The molecule has 0 saturated carbocycles. The van der Waals surface area contributed by atoms with E-state index in [9.17, 15) is 0 Å². The summed E-state index contributed by atoms with van der Waals surface area (Å²) in [7, 11) is 4.82. The zero-order chi connectivity index (χ0) is 32.9. The summed E-state index contributed by atoms with van der Waals surface area (Å²) in [5.74, 6) is 1.51. The molecule has 3 aromatic carbocycles. The Hall–Kier alpha value is -4.70. The number of fused-ring (bicyclic) bond motifs is 1. The van der Waals surface area contributed by atoms with Crippen LogP contribution in [0, 0.1) is 0 Å². The lowest BCUT2D eigenvalue weighted by molar-refractivity contribution is -0.369. The van der Waals surface area contributed by atoms with Crippen LogP contribution in [-0.2, 0) is 41.6 Å². The largest absolute Gasteiger partial charge is 0.497 e. The van der Waals surface area contributed by atoms with Crippen LogP contribution in [0.25, 0.3) is 11.4 Å². The average Bonchev–Trinajstić information content (AvgIpc) is 3.83. The van der Waals surface area contributed by atoms with E-state index in [4.69, 9.17) is 37.9 Å². The van der Waals surface area contributed by atoms with E-state index in [-0.39, 0.29) is 19.8 Å². The molecule has 14 nitrogen and oxygen atoms in total. The molecule has 14 heteroatoms. The van der Waals surface area contributed by atoms with Gasteiger partial charge in [-0.1, -0.05) is 40.8 Å². The van der Waals surface area contributed by atoms with E-state index in [0.29, 0.717) is 11.4 Å². The van der Waals surface area contributed by atoms with E-state index < -0.39 is 37.0 Å². The first-order valence-electron chi connectivity index (χ1n) is 15.5. The summed E-state index contributed by atoms with van der Waals surface area (Å²) in [5, 5.41) is 17.2. The normalized spacial score (nSPS) is 23.8. The number of hydrogen-bond donors (Lipinski definition) is 0. The Morgan fingerprint density at radius 1 is 0.688 bits per heavy atom. The first kappa shape index (κ1) is 31.9. The Kier molecular flexibility index (Phi) is 9.70. The highest BCUT2D eigenvalue weighted by atomic mass is 16.8. The second kappa shape index (κ2) is 14.6.